The third kappa shape index (κ3) is 2.59. The fourth-order valence-corrected chi connectivity index (χ4v) is 4.00. The number of benzene rings is 2. The second-order valence-electron chi connectivity index (χ2n) is 5.53. The van der Waals surface area contributed by atoms with Crippen LogP contribution in [0.2, 0.25) is 10.0 Å². The van der Waals surface area contributed by atoms with Crippen LogP contribution >= 0.6 is 34.8 Å². The van der Waals surface area contributed by atoms with E-state index < -0.39 is 5.54 Å². The minimum absolute atomic E-state index is 0.0462. The Morgan fingerprint density at radius 3 is 2.36 bits per heavy atom. The zero-order valence-electron chi connectivity index (χ0n) is 11.8. The van der Waals surface area contributed by atoms with Gasteiger partial charge in [-0.1, -0.05) is 35.3 Å². The lowest BCUT2D eigenvalue weighted by atomic mass is 9.77. The fourth-order valence-electron chi connectivity index (χ4n) is 3.28. The molecule has 0 aromatic heterocycles. The van der Waals surface area contributed by atoms with Gasteiger partial charge in [0.2, 0.25) is 0 Å². The first-order chi connectivity index (χ1) is 10.6. The third-order valence-electron chi connectivity index (χ3n) is 4.33. The highest BCUT2D eigenvalue weighted by Crippen LogP contribution is 2.51. The largest absolute Gasteiger partial charge is 0.396 e. The topological polar surface area (TPSA) is 32.3 Å². The summed E-state index contributed by atoms with van der Waals surface area (Å²) >= 11 is 18.5. The number of aliphatic hydroxyl groups excluding tert-OH is 1. The molecule has 2 unspecified atom stereocenters. The zero-order chi connectivity index (χ0) is 15.7. The second-order valence-corrected chi connectivity index (χ2v) is 6.67. The lowest BCUT2D eigenvalue weighted by Gasteiger charge is -2.35. The van der Waals surface area contributed by atoms with Crippen LogP contribution in [0.4, 0.5) is 5.69 Å². The van der Waals surface area contributed by atoms with Crippen molar-refractivity contribution in [1.82, 2.24) is 0 Å². The molecular weight excluding hydrogens is 341 g/mol. The summed E-state index contributed by atoms with van der Waals surface area (Å²) in [6.07, 6.45) is 0.607. The number of nitrogens with one attached hydrogen (secondary N) is 1. The quantitative estimate of drug-likeness (QED) is 0.754. The molecule has 0 radical (unpaired) electrons. The Balaban J connectivity index is 2.12. The molecule has 1 heterocycles. The van der Waals surface area contributed by atoms with Crippen molar-refractivity contribution < 1.29 is 5.11 Å². The molecule has 2 aromatic carbocycles. The van der Waals surface area contributed by atoms with Gasteiger partial charge in [-0.05, 0) is 47.9 Å². The maximum Gasteiger partial charge on any atom is 0.0830 e. The number of anilines is 1. The minimum Gasteiger partial charge on any atom is -0.396 e. The highest BCUT2D eigenvalue weighted by Gasteiger charge is 2.46. The van der Waals surface area contributed by atoms with Gasteiger partial charge in [0.1, 0.15) is 0 Å². The van der Waals surface area contributed by atoms with Gasteiger partial charge in [0, 0.05) is 28.3 Å². The van der Waals surface area contributed by atoms with Gasteiger partial charge in [-0.25, -0.2) is 0 Å². The Morgan fingerprint density at radius 1 is 1.05 bits per heavy atom. The number of hydrogen-bond acceptors (Lipinski definition) is 2. The molecule has 0 bridgehead atoms. The molecule has 0 aliphatic carbocycles. The van der Waals surface area contributed by atoms with Gasteiger partial charge in [0.05, 0.1) is 11.4 Å². The van der Waals surface area contributed by atoms with Crippen LogP contribution in [0.5, 0.6) is 0 Å². The summed E-state index contributed by atoms with van der Waals surface area (Å²) < 4.78 is 0. The average molecular weight is 357 g/mol. The summed E-state index contributed by atoms with van der Waals surface area (Å²) in [7, 11) is 0. The van der Waals surface area contributed by atoms with Crippen LogP contribution in [-0.2, 0) is 5.54 Å². The van der Waals surface area contributed by atoms with E-state index in [9.17, 15) is 5.11 Å². The molecule has 3 rings (SSSR count). The Kier molecular flexibility index (Phi) is 4.56. The number of fused-ring (bicyclic) bond motifs is 1. The van der Waals surface area contributed by atoms with Crippen molar-refractivity contribution in [2.75, 3.05) is 17.8 Å². The van der Waals surface area contributed by atoms with Gasteiger partial charge >= 0.3 is 0 Å². The number of alkyl halides is 1. The molecule has 0 spiro atoms. The predicted octanol–water partition coefficient (Wildman–Crippen LogP) is 5.02. The number of hydrogen-bond donors (Lipinski definition) is 2. The van der Waals surface area contributed by atoms with E-state index in [1.165, 1.54) is 0 Å². The van der Waals surface area contributed by atoms with Crippen molar-refractivity contribution >= 4 is 40.5 Å². The molecule has 2 N–H and O–H groups in total. The van der Waals surface area contributed by atoms with Crippen molar-refractivity contribution in [3.05, 3.63) is 63.6 Å². The first-order valence-corrected chi connectivity index (χ1v) is 8.40. The SMILES string of the molecule is OCCC1c2cc(Cl)ccc2NC1(CCl)c1ccc(Cl)cc1. The standard InChI is InChI=1S/C17H16Cl3NO/c18-10-17(11-1-3-12(19)4-2-11)15(7-8-22)14-9-13(20)5-6-16(14)21-17/h1-6,9,15,21-22H,7-8,10H2. The Labute approximate surface area is 145 Å². The zero-order valence-corrected chi connectivity index (χ0v) is 14.1. The van der Waals surface area contributed by atoms with Crippen LogP contribution in [0.3, 0.4) is 0 Å². The normalized spacial score (nSPS) is 23.2. The summed E-state index contributed by atoms with van der Waals surface area (Å²) in [5, 5.41) is 14.4. The summed E-state index contributed by atoms with van der Waals surface area (Å²) in [4.78, 5) is 0. The molecule has 2 aromatic rings. The predicted molar refractivity (Wildman–Crippen MR) is 93.4 cm³/mol. The Hall–Kier alpha value is -0.930. The minimum atomic E-state index is -0.470. The van der Waals surface area contributed by atoms with E-state index in [1.54, 1.807) is 0 Å². The van der Waals surface area contributed by atoms with Gasteiger partial charge < -0.3 is 10.4 Å². The van der Waals surface area contributed by atoms with E-state index in [-0.39, 0.29) is 12.5 Å². The summed E-state index contributed by atoms with van der Waals surface area (Å²) in [5.41, 5.74) is 2.69. The Bertz CT molecular complexity index is 674. The number of aliphatic hydroxyl groups is 1. The maximum atomic E-state index is 9.52. The fraction of sp³-hybridized carbons (Fsp3) is 0.294. The molecule has 22 heavy (non-hydrogen) atoms. The smallest absolute Gasteiger partial charge is 0.0830 e. The van der Waals surface area contributed by atoms with E-state index in [2.05, 4.69) is 5.32 Å². The van der Waals surface area contributed by atoms with E-state index in [4.69, 9.17) is 34.8 Å². The van der Waals surface area contributed by atoms with Gasteiger partial charge in [0.15, 0.2) is 0 Å². The summed E-state index contributed by atoms with van der Waals surface area (Å²) in [6, 6.07) is 13.5. The highest BCUT2D eigenvalue weighted by atomic mass is 35.5. The molecule has 2 atom stereocenters. The molecule has 2 nitrogen and oxygen atoms in total. The number of halogens is 3. The van der Waals surface area contributed by atoms with E-state index >= 15 is 0 Å². The molecule has 5 heteroatoms. The molecule has 0 amide bonds. The molecule has 116 valence electrons. The van der Waals surface area contributed by atoms with E-state index in [0.29, 0.717) is 22.3 Å². The monoisotopic (exact) mass is 355 g/mol. The molecule has 0 fully saturated rings. The van der Waals surface area contributed by atoms with Gasteiger partial charge in [-0.2, -0.15) is 0 Å². The van der Waals surface area contributed by atoms with Crippen LogP contribution in [0.25, 0.3) is 0 Å². The molecular formula is C17H16Cl3NO. The van der Waals surface area contributed by atoms with Crippen molar-refractivity contribution in [3.63, 3.8) is 0 Å². The van der Waals surface area contributed by atoms with Crippen molar-refractivity contribution in [3.8, 4) is 0 Å². The van der Waals surface area contributed by atoms with Crippen molar-refractivity contribution in [2.24, 2.45) is 0 Å². The van der Waals surface area contributed by atoms with Crippen LogP contribution in [0, 0.1) is 0 Å². The van der Waals surface area contributed by atoms with E-state index in [1.807, 2.05) is 42.5 Å². The summed E-state index contributed by atoms with van der Waals surface area (Å²) in [6.45, 7) is 0.0878. The van der Waals surface area contributed by atoms with Gasteiger partial charge in [-0.3, -0.25) is 0 Å². The Morgan fingerprint density at radius 2 is 1.73 bits per heavy atom. The number of rotatable bonds is 4. The average Bonchev–Trinajstić information content (AvgIpc) is 2.83. The second kappa shape index (κ2) is 6.29. The molecule has 1 aliphatic rings. The molecule has 0 saturated heterocycles. The maximum absolute atomic E-state index is 9.52. The first-order valence-electron chi connectivity index (χ1n) is 7.11. The van der Waals surface area contributed by atoms with Crippen molar-refractivity contribution in [1.29, 1.82) is 0 Å². The van der Waals surface area contributed by atoms with Crippen LogP contribution in [0.15, 0.2) is 42.5 Å². The van der Waals surface area contributed by atoms with Gasteiger partial charge in [-0.15, -0.1) is 11.6 Å². The lowest BCUT2D eigenvalue weighted by Crippen LogP contribution is -2.39. The van der Waals surface area contributed by atoms with Crippen LogP contribution in [-0.4, -0.2) is 17.6 Å². The highest BCUT2D eigenvalue weighted by molar-refractivity contribution is 6.31. The lowest BCUT2D eigenvalue weighted by molar-refractivity contribution is 0.257. The van der Waals surface area contributed by atoms with Gasteiger partial charge in [0.25, 0.3) is 0 Å². The first kappa shape index (κ1) is 15.9. The van der Waals surface area contributed by atoms with E-state index in [0.717, 1.165) is 16.8 Å². The summed E-state index contributed by atoms with van der Waals surface area (Å²) in [5.74, 6) is 0.427. The third-order valence-corrected chi connectivity index (χ3v) is 5.24. The van der Waals surface area contributed by atoms with Crippen LogP contribution in [0.1, 0.15) is 23.5 Å². The van der Waals surface area contributed by atoms with Crippen LogP contribution < -0.4 is 5.32 Å². The molecule has 1 aliphatic heterocycles. The molecule has 0 saturated carbocycles. The van der Waals surface area contributed by atoms with Crippen molar-refractivity contribution in [2.45, 2.75) is 17.9 Å².